The first-order valence-corrected chi connectivity index (χ1v) is 33.2. The van der Waals surface area contributed by atoms with E-state index >= 15 is 0 Å². The van der Waals surface area contributed by atoms with Crippen molar-refractivity contribution in [3.8, 4) is 0 Å². The highest BCUT2D eigenvalue weighted by atomic mass is 16.7. The van der Waals surface area contributed by atoms with Gasteiger partial charge in [-0.15, -0.1) is 0 Å². The van der Waals surface area contributed by atoms with Gasteiger partial charge in [-0.3, -0.25) is 9.59 Å². The average molecular weight is 1150 g/mol. The zero-order valence-electron chi connectivity index (χ0n) is 52.1. The van der Waals surface area contributed by atoms with E-state index in [2.05, 4.69) is 123 Å². The van der Waals surface area contributed by atoms with Gasteiger partial charge in [0.15, 0.2) is 12.4 Å². The Morgan fingerprint density at radius 2 is 0.841 bits per heavy atom. The molecular formula is C71H121NO10. The maximum atomic E-state index is 13.5. The summed E-state index contributed by atoms with van der Waals surface area (Å²) < 4.78 is 17.6. The number of hydrogen-bond acceptors (Lipinski definition) is 10. The fraction of sp³-hybridized carbons (Fsp3) is 0.718. The lowest BCUT2D eigenvalue weighted by Gasteiger charge is -2.41. The molecule has 8 atom stereocenters. The van der Waals surface area contributed by atoms with Gasteiger partial charge in [-0.1, -0.05) is 252 Å². The number of aliphatic hydroxyl groups excluding tert-OH is 5. The molecule has 1 saturated heterocycles. The van der Waals surface area contributed by atoms with Crippen molar-refractivity contribution in [2.45, 2.75) is 314 Å². The number of amides is 1. The van der Waals surface area contributed by atoms with Crippen molar-refractivity contribution in [2.75, 3.05) is 13.2 Å². The normalized spacial score (nSPS) is 19.3. The van der Waals surface area contributed by atoms with Crippen LogP contribution in [0.5, 0.6) is 0 Å². The summed E-state index contributed by atoms with van der Waals surface area (Å²) in [6.45, 7) is 5.71. The summed E-state index contributed by atoms with van der Waals surface area (Å²) in [7, 11) is 0. The molecule has 0 aromatic heterocycles. The summed E-state index contributed by atoms with van der Waals surface area (Å²) in [6, 6.07) is -1.04. The first kappa shape index (κ1) is 76.3. The number of ether oxygens (including phenoxy) is 3. The molecule has 0 aliphatic carbocycles. The maximum Gasteiger partial charge on any atom is 0.306 e. The van der Waals surface area contributed by atoms with Crippen LogP contribution in [0.3, 0.4) is 0 Å². The number of aliphatic hydroxyl groups is 5. The van der Waals surface area contributed by atoms with Crippen LogP contribution in [0.4, 0.5) is 0 Å². The van der Waals surface area contributed by atoms with E-state index in [-0.39, 0.29) is 19.4 Å². The van der Waals surface area contributed by atoms with Crippen LogP contribution in [-0.4, -0.2) is 99.6 Å². The zero-order chi connectivity index (χ0) is 59.6. The van der Waals surface area contributed by atoms with E-state index in [1.165, 1.54) is 96.3 Å². The minimum absolute atomic E-state index is 0.0793. The van der Waals surface area contributed by atoms with Crippen LogP contribution >= 0.6 is 0 Å². The summed E-state index contributed by atoms with van der Waals surface area (Å²) in [6.07, 6.45) is 68.3. The van der Waals surface area contributed by atoms with Crippen molar-refractivity contribution >= 4 is 11.9 Å². The lowest BCUT2D eigenvalue weighted by atomic mass is 9.99. The molecule has 1 aliphatic heterocycles. The fourth-order valence-corrected chi connectivity index (χ4v) is 9.62. The summed E-state index contributed by atoms with van der Waals surface area (Å²) in [5, 5.41) is 57.1. The summed E-state index contributed by atoms with van der Waals surface area (Å²) in [5.74, 6) is -1.24. The van der Waals surface area contributed by atoms with Gasteiger partial charge in [-0.25, -0.2) is 0 Å². The van der Waals surface area contributed by atoms with E-state index in [1.807, 2.05) is 6.08 Å². The molecule has 6 N–H and O–H groups in total. The van der Waals surface area contributed by atoms with E-state index in [4.69, 9.17) is 14.2 Å². The van der Waals surface area contributed by atoms with Gasteiger partial charge in [-0.2, -0.15) is 0 Å². The monoisotopic (exact) mass is 1150 g/mol. The predicted molar refractivity (Wildman–Crippen MR) is 342 cm³/mol. The van der Waals surface area contributed by atoms with Crippen LogP contribution in [0.15, 0.2) is 109 Å². The Kier molecular flexibility index (Phi) is 53.7. The van der Waals surface area contributed by atoms with E-state index in [1.54, 1.807) is 6.08 Å². The largest absolute Gasteiger partial charge is 0.454 e. The molecule has 0 spiro atoms. The van der Waals surface area contributed by atoms with Gasteiger partial charge in [0.2, 0.25) is 5.91 Å². The second-order valence-electron chi connectivity index (χ2n) is 22.5. The molecule has 0 saturated carbocycles. The molecule has 0 bridgehead atoms. The number of carbonyl (C=O) groups is 2. The number of allylic oxidation sites excluding steroid dienone is 17. The highest BCUT2D eigenvalue weighted by molar-refractivity contribution is 5.80. The smallest absolute Gasteiger partial charge is 0.306 e. The van der Waals surface area contributed by atoms with Crippen LogP contribution in [-0.2, 0) is 23.8 Å². The van der Waals surface area contributed by atoms with Gasteiger partial charge in [0.05, 0.1) is 25.4 Å². The molecule has 470 valence electrons. The van der Waals surface area contributed by atoms with Crippen molar-refractivity contribution in [1.82, 2.24) is 5.32 Å². The quantitative estimate of drug-likeness (QED) is 0.0195. The topological polar surface area (TPSA) is 175 Å². The Hall–Kier alpha value is -3.68. The van der Waals surface area contributed by atoms with Crippen molar-refractivity contribution in [1.29, 1.82) is 0 Å². The molecule has 8 unspecified atom stereocenters. The third-order valence-corrected chi connectivity index (χ3v) is 14.9. The standard InChI is InChI=1S/C71H121NO10/c1-4-7-10-13-16-19-22-25-27-29-31-32-33-35-36-38-40-43-46-49-52-55-58-64(75)70(79)72-62(63(74)57-54-51-48-45-42-24-21-18-15-12-9-6-3)61-80-71-69(68(78)67(77)65(60-73)81-71)82-66(76)59-56-53-50-47-44-41-39-37-34-30-28-26-23-20-17-14-11-8-5-2/h16-17,19-20,25-28,31-32,34-37,41,44,54,57,62-65,67-69,71,73-75,77-78H,4-15,18,21-24,29-30,33,38-40,42-43,45-53,55-56,58-61H2,1-3H3,(H,72,79)/b19-16-,20-17-,27-25-,28-26-,32-31-,36-35-,37-34-,44-41-,57-54+. The number of esters is 1. The maximum absolute atomic E-state index is 13.5. The molecular weight excluding hydrogens is 1030 g/mol. The highest BCUT2D eigenvalue weighted by Crippen LogP contribution is 2.26. The van der Waals surface area contributed by atoms with Crippen LogP contribution in [0, 0.1) is 0 Å². The molecule has 1 heterocycles. The van der Waals surface area contributed by atoms with E-state index in [0.29, 0.717) is 12.8 Å². The zero-order valence-corrected chi connectivity index (χ0v) is 52.1. The molecule has 1 fully saturated rings. The minimum atomic E-state index is -1.64. The van der Waals surface area contributed by atoms with Gasteiger partial charge < -0.3 is 45.1 Å². The molecule has 0 aromatic carbocycles. The van der Waals surface area contributed by atoms with Gasteiger partial charge in [0, 0.05) is 6.42 Å². The Morgan fingerprint density at radius 1 is 0.476 bits per heavy atom. The number of unbranched alkanes of at least 4 members (excludes halogenated alkanes) is 25. The van der Waals surface area contributed by atoms with E-state index < -0.39 is 67.4 Å². The third-order valence-electron chi connectivity index (χ3n) is 14.9. The summed E-state index contributed by atoms with van der Waals surface area (Å²) in [4.78, 5) is 26.6. The van der Waals surface area contributed by atoms with Gasteiger partial charge >= 0.3 is 5.97 Å². The molecule has 0 radical (unpaired) electrons. The van der Waals surface area contributed by atoms with E-state index in [0.717, 1.165) is 122 Å². The van der Waals surface area contributed by atoms with Crippen LogP contribution in [0.1, 0.15) is 265 Å². The van der Waals surface area contributed by atoms with Crippen molar-refractivity contribution in [3.63, 3.8) is 0 Å². The fourth-order valence-electron chi connectivity index (χ4n) is 9.62. The lowest BCUT2D eigenvalue weighted by Crippen LogP contribution is -2.61. The average Bonchev–Trinajstić information content (AvgIpc) is 3.68. The lowest BCUT2D eigenvalue weighted by molar-refractivity contribution is -0.305. The predicted octanol–water partition coefficient (Wildman–Crippen LogP) is 16.4. The Balaban J connectivity index is 2.68. The summed E-state index contributed by atoms with van der Waals surface area (Å²) >= 11 is 0. The van der Waals surface area contributed by atoms with Crippen LogP contribution < -0.4 is 5.32 Å². The Bertz CT molecular complexity index is 1750. The SMILES string of the molecule is CCCCC/C=C\C/C=C\C/C=C\C/C=C\CCCCCCCCC(O)C(=O)NC(COC1OC(CO)C(O)C(O)C1OC(=O)CCCCC/C=C\C/C=C\C/C=C\C/C=C\CCCCC)C(O)/C=C/CCCCCCCCCCCC. The van der Waals surface area contributed by atoms with Gasteiger partial charge in [-0.05, 0) is 116 Å². The second-order valence-corrected chi connectivity index (χ2v) is 22.5. The first-order chi connectivity index (χ1) is 40.2. The molecule has 1 amide bonds. The first-order valence-electron chi connectivity index (χ1n) is 33.2. The van der Waals surface area contributed by atoms with Crippen molar-refractivity contribution in [3.05, 3.63) is 109 Å². The van der Waals surface area contributed by atoms with Crippen molar-refractivity contribution in [2.24, 2.45) is 0 Å². The van der Waals surface area contributed by atoms with Gasteiger partial charge in [0.25, 0.3) is 0 Å². The Morgan fingerprint density at radius 3 is 1.28 bits per heavy atom. The van der Waals surface area contributed by atoms with Crippen LogP contribution in [0.2, 0.25) is 0 Å². The molecule has 1 aliphatic rings. The number of hydrogen-bond donors (Lipinski definition) is 6. The number of rotatable bonds is 55. The van der Waals surface area contributed by atoms with Gasteiger partial charge in [0.1, 0.15) is 24.4 Å². The Labute approximate surface area is 500 Å². The molecule has 82 heavy (non-hydrogen) atoms. The van der Waals surface area contributed by atoms with E-state index in [9.17, 15) is 35.1 Å². The molecule has 1 rings (SSSR count). The third kappa shape index (κ3) is 44.8. The minimum Gasteiger partial charge on any atom is -0.454 e. The molecule has 11 heteroatoms. The highest BCUT2D eigenvalue weighted by Gasteiger charge is 2.47. The van der Waals surface area contributed by atoms with Crippen LogP contribution in [0.25, 0.3) is 0 Å². The molecule has 0 aromatic rings. The summed E-state index contributed by atoms with van der Waals surface area (Å²) in [5.41, 5.74) is 0. The second kappa shape index (κ2) is 57.7. The van der Waals surface area contributed by atoms with Crippen molar-refractivity contribution < 1.29 is 49.3 Å². The number of carbonyl (C=O) groups excluding carboxylic acids is 2. The number of nitrogens with one attached hydrogen (secondary N) is 1. The molecule has 11 nitrogen and oxygen atoms in total.